The topological polar surface area (TPSA) is 59.8 Å². The summed E-state index contributed by atoms with van der Waals surface area (Å²) in [5, 5.41) is 11.7. The van der Waals surface area contributed by atoms with Gasteiger partial charge in [0, 0.05) is 24.2 Å². The van der Waals surface area contributed by atoms with Gasteiger partial charge < -0.3 is 9.88 Å². The number of carbonyl (C=O) groups is 1. The minimum absolute atomic E-state index is 0.00330. The van der Waals surface area contributed by atoms with Gasteiger partial charge in [-0.2, -0.15) is 0 Å². The molecule has 2 aromatic carbocycles. The van der Waals surface area contributed by atoms with Gasteiger partial charge in [-0.15, -0.1) is 10.2 Å². The molecular formula is C22H23FN4O. The van der Waals surface area contributed by atoms with Crippen molar-refractivity contribution in [2.75, 3.05) is 5.32 Å². The highest BCUT2D eigenvalue weighted by molar-refractivity contribution is 5.93. The molecule has 0 spiro atoms. The summed E-state index contributed by atoms with van der Waals surface area (Å²) in [6.07, 6.45) is 4.41. The fourth-order valence-electron chi connectivity index (χ4n) is 3.60. The van der Waals surface area contributed by atoms with Crippen molar-refractivity contribution in [3.8, 4) is 11.4 Å². The summed E-state index contributed by atoms with van der Waals surface area (Å²) in [4.78, 5) is 12.5. The second kappa shape index (κ2) is 7.92. The van der Waals surface area contributed by atoms with E-state index in [0.717, 1.165) is 48.6 Å². The molecule has 1 amide bonds. The number of nitrogens with one attached hydrogen (secondary N) is 1. The molecule has 144 valence electrons. The Balaban J connectivity index is 1.57. The third-order valence-corrected chi connectivity index (χ3v) is 5.19. The first-order valence-electron chi connectivity index (χ1n) is 9.68. The van der Waals surface area contributed by atoms with Crippen LogP contribution < -0.4 is 5.32 Å². The Kier molecular flexibility index (Phi) is 5.19. The number of aromatic nitrogens is 3. The first-order chi connectivity index (χ1) is 13.6. The zero-order valence-corrected chi connectivity index (χ0v) is 15.9. The van der Waals surface area contributed by atoms with Crippen LogP contribution in [0.15, 0.2) is 42.5 Å². The average Bonchev–Trinajstić information content (AvgIpc) is 2.93. The number of fused-ring (bicyclic) bond motifs is 1. The van der Waals surface area contributed by atoms with Gasteiger partial charge in [-0.3, -0.25) is 4.79 Å². The van der Waals surface area contributed by atoms with E-state index in [2.05, 4.69) is 20.1 Å². The van der Waals surface area contributed by atoms with Crippen LogP contribution in [0.1, 0.15) is 36.2 Å². The molecule has 1 N–H and O–H groups in total. The first kappa shape index (κ1) is 18.3. The van der Waals surface area contributed by atoms with Crippen LogP contribution in [0.3, 0.4) is 0 Å². The molecule has 0 saturated carbocycles. The molecule has 2 heterocycles. The highest BCUT2D eigenvalue weighted by Crippen LogP contribution is 2.27. The molecular weight excluding hydrogens is 355 g/mol. The summed E-state index contributed by atoms with van der Waals surface area (Å²) in [5.74, 6) is 1.25. The van der Waals surface area contributed by atoms with Gasteiger partial charge in [0.2, 0.25) is 5.91 Å². The molecule has 1 aromatic heterocycles. The lowest BCUT2D eigenvalue weighted by Crippen LogP contribution is -2.16. The number of amides is 1. The van der Waals surface area contributed by atoms with Crippen LogP contribution in [0, 0.1) is 12.7 Å². The maximum Gasteiger partial charge on any atom is 0.228 e. The fraction of sp³-hybridized carbons (Fsp3) is 0.318. The number of rotatable bonds is 4. The average molecular weight is 378 g/mol. The molecule has 4 rings (SSSR count). The van der Waals surface area contributed by atoms with E-state index >= 15 is 0 Å². The van der Waals surface area contributed by atoms with E-state index in [1.807, 2.05) is 25.1 Å². The van der Waals surface area contributed by atoms with Crippen molar-refractivity contribution in [1.29, 1.82) is 0 Å². The third kappa shape index (κ3) is 3.81. The lowest BCUT2D eigenvalue weighted by atomic mass is 10.1. The summed E-state index contributed by atoms with van der Waals surface area (Å²) >= 11 is 0. The predicted molar refractivity (Wildman–Crippen MR) is 106 cm³/mol. The van der Waals surface area contributed by atoms with Gasteiger partial charge in [0.25, 0.3) is 0 Å². The maximum absolute atomic E-state index is 13.8. The molecule has 0 aliphatic carbocycles. The van der Waals surface area contributed by atoms with Crippen LogP contribution in [-0.4, -0.2) is 20.7 Å². The van der Waals surface area contributed by atoms with Crippen molar-refractivity contribution in [3.05, 3.63) is 65.2 Å². The quantitative estimate of drug-likeness (QED) is 0.736. The van der Waals surface area contributed by atoms with Gasteiger partial charge in [0.05, 0.1) is 6.42 Å². The van der Waals surface area contributed by atoms with Crippen LogP contribution in [0.5, 0.6) is 0 Å². The monoisotopic (exact) mass is 378 g/mol. The summed E-state index contributed by atoms with van der Waals surface area (Å²) in [6, 6.07) is 12.2. The number of aryl methyl sites for hydroxylation is 2. The van der Waals surface area contributed by atoms with Gasteiger partial charge >= 0.3 is 0 Å². The Bertz CT molecular complexity index is 1010. The van der Waals surface area contributed by atoms with Crippen LogP contribution in [-0.2, 0) is 24.2 Å². The van der Waals surface area contributed by atoms with Crippen molar-refractivity contribution < 1.29 is 9.18 Å². The Morgan fingerprint density at radius 3 is 2.86 bits per heavy atom. The second-order valence-corrected chi connectivity index (χ2v) is 7.25. The van der Waals surface area contributed by atoms with Crippen molar-refractivity contribution >= 4 is 11.6 Å². The molecule has 0 atom stereocenters. The van der Waals surface area contributed by atoms with Gasteiger partial charge in [-0.25, -0.2) is 4.39 Å². The molecule has 1 aliphatic rings. The Morgan fingerprint density at radius 2 is 2.00 bits per heavy atom. The van der Waals surface area contributed by atoms with Crippen LogP contribution in [0.4, 0.5) is 10.1 Å². The number of carbonyl (C=O) groups excluding carboxylic acids is 1. The van der Waals surface area contributed by atoms with E-state index in [1.165, 1.54) is 12.5 Å². The Hall–Kier alpha value is -3.02. The molecule has 0 unspecified atom stereocenters. The zero-order valence-electron chi connectivity index (χ0n) is 15.9. The number of anilines is 1. The fourth-order valence-corrected chi connectivity index (χ4v) is 3.60. The van der Waals surface area contributed by atoms with Crippen molar-refractivity contribution in [3.63, 3.8) is 0 Å². The zero-order chi connectivity index (χ0) is 19.5. The van der Waals surface area contributed by atoms with Crippen molar-refractivity contribution in [2.45, 2.75) is 45.6 Å². The van der Waals surface area contributed by atoms with E-state index in [9.17, 15) is 9.18 Å². The highest BCUT2D eigenvalue weighted by atomic mass is 19.1. The van der Waals surface area contributed by atoms with Gasteiger partial charge in [0.15, 0.2) is 5.82 Å². The standard InChI is InChI=1S/C22H23FN4O/c1-15-10-11-17(22-26-25-20-9-3-2-6-12-27(20)22)13-19(15)24-21(28)14-16-7-4-5-8-18(16)23/h4-5,7-8,10-11,13H,2-3,6,9,12,14H2,1H3,(H,24,28). The molecule has 1 aliphatic heterocycles. The molecule has 0 bridgehead atoms. The Morgan fingerprint density at radius 1 is 1.14 bits per heavy atom. The summed E-state index contributed by atoms with van der Waals surface area (Å²) in [6.45, 7) is 2.85. The minimum atomic E-state index is -0.366. The van der Waals surface area contributed by atoms with Gasteiger partial charge in [-0.1, -0.05) is 36.8 Å². The minimum Gasteiger partial charge on any atom is -0.326 e. The maximum atomic E-state index is 13.8. The van der Waals surface area contributed by atoms with Crippen LogP contribution >= 0.6 is 0 Å². The molecule has 6 heteroatoms. The van der Waals surface area contributed by atoms with Crippen LogP contribution in [0.2, 0.25) is 0 Å². The van der Waals surface area contributed by atoms with E-state index in [-0.39, 0.29) is 18.1 Å². The number of halogens is 1. The molecule has 0 radical (unpaired) electrons. The largest absolute Gasteiger partial charge is 0.326 e. The molecule has 0 saturated heterocycles. The van der Waals surface area contributed by atoms with E-state index < -0.39 is 0 Å². The summed E-state index contributed by atoms with van der Waals surface area (Å²) in [7, 11) is 0. The molecule has 0 fully saturated rings. The van der Waals surface area contributed by atoms with Gasteiger partial charge in [0.1, 0.15) is 11.6 Å². The van der Waals surface area contributed by atoms with E-state index in [0.29, 0.717) is 11.3 Å². The third-order valence-electron chi connectivity index (χ3n) is 5.19. The SMILES string of the molecule is Cc1ccc(-c2nnc3n2CCCCC3)cc1NC(=O)Cc1ccccc1F. The lowest BCUT2D eigenvalue weighted by Gasteiger charge is -2.12. The smallest absolute Gasteiger partial charge is 0.228 e. The molecule has 5 nitrogen and oxygen atoms in total. The van der Waals surface area contributed by atoms with E-state index in [1.54, 1.807) is 18.2 Å². The number of benzene rings is 2. The lowest BCUT2D eigenvalue weighted by molar-refractivity contribution is -0.115. The molecule has 3 aromatic rings. The summed E-state index contributed by atoms with van der Waals surface area (Å²) < 4.78 is 16.0. The molecule has 28 heavy (non-hydrogen) atoms. The normalized spacial score (nSPS) is 13.6. The Labute approximate surface area is 163 Å². The van der Waals surface area contributed by atoms with Crippen molar-refractivity contribution in [1.82, 2.24) is 14.8 Å². The highest BCUT2D eigenvalue weighted by Gasteiger charge is 2.17. The number of hydrogen-bond donors (Lipinski definition) is 1. The predicted octanol–water partition coefficient (Wildman–Crippen LogP) is 4.30. The van der Waals surface area contributed by atoms with Gasteiger partial charge in [-0.05, 0) is 43.0 Å². The number of hydrogen-bond acceptors (Lipinski definition) is 3. The second-order valence-electron chi connectivity index (χ2n) is 7.25. The summed E-state index contributed by atoms with van der Waals surface area (Å²) in [5.41, 5.74) is 2.97. The van der Waals surface area contributed by atoms with Crippen LogP contribution in [0.25, 0.3) is 11.4 Å². The number of nitrogens with zero attached hydrogens (tertiary/aromatic N) is 3. The van der Waals surface area contributed by atoms with E-state index in [4.69, 9.17) is 0 Å². The first-order valence-corrected chi connectivity index (χ1v) is 9.68. The van der Waals surface area contributed by atoms with Crippen molar-refractivity contribution in [2.24, 2.45) is 0 Å².